The molecule has 0 saturated heterocycles. The summed E-state index contributed by atoms with van der Waals surface area (Å²) in [5.41, 5.74) is 6.18. The summed E-state index contributed by atoms with van der Waals surface area (Å²) in [6, 6.07) is 19.9. The number of aliphatic hydroxyl groups is 1. The topological polar surface area (TPSA) is 50.2 Å². The second-order valence-electron chi connectivity index (χ2n) is 14.4. The van der Waals surface area contributed by atoms with E-state index in [1.807, 2.05) is 45.2 Å². The second kappa shape index (κ2) is 16.9. The van der Waals surface area contributed by atoms with Crippen molar-refractivity contribution in [3.8, 4) is 11.3 Å². The number of hydrogen-bond donors (Lipinski definition) is 1. The number of thiophene rings is 1. The van der Waals surface area contributed by atoms with Crippen LogP contribution in [0.25, 0.3) is 42.2 Å². The molecule has 0 aliphatic heterocycles. The van der Waals surface area contributed by atoms with Crippen molar-refractivity contribution in [3.05, 3.63) is 83.3 Å². The molecule has 48 heavy (non-hydrogen) atoms. The molecule has 2 aromatic heterocycles. The van der Waals surface area contributed by atoms with E-state index in [4.69, 9.17) is 4.98 Å². The van der Waals surface area contributed by atoms with Gasteiger partial charge in [-0.2, -0.15) is 0 Å². The van der Waals surface area contributed by atoms with Crippen LogP contribution in [0.2, 0.25) is 19.6 Å². The largest absolute Gasteiger partial charge is 0.512 e. The predicted octanol–water partition coefficient (Wildman–Crippen LogP) is 12.2. The third kappa shape index (κ3) is 8.74. The van der Waals surface area contributed by atoms with Crippen LogP contribution < -0.4 is 5.19 Å². The van der Waals surface area contributed by atoms with Crippen molar-refractivity contribution < 1.29 is 30.0 Å². The van der Waals surface area contributed by atoms with Gasteiger partial charge >= 0.3 is 0 Å². The average molecular weight is 857 g/mol. The van der Waals surface area contributed by atoms with E-state index in [2.05, 4.69) is 95.9 Å². The minimum absolute atomic E-state index is 0. The summed E-state index contributed by atoms with van der Waals surface area (Å²) in [5.74, 6) is 0.986. The maximum atomic E-state index is 11.7. The van der Waals surface area contributed by atoms with E-state index in [9.17, 15) is 9.90 Å². The average Bonchev–Trinajstić information content (AvgIpc) is 3.40. The first-order valence-corrected chi connectivity index (χ1v) is 21.8. The fourth-order valence-electron chi connectivity index (χ4n) is 6.32. The molecule has 0 spiro atoms. The van der Waals surface area contributed by atoms with Gasteiger partial charge in [0.25, 0.3) is 0 Å². The van der Waals surface area contributed by atoms with Crippen LogP contribution in [0, 0.1) is 31.7 Å². The fraction of sp³-hybridized carbons (Fsp3) is 0.429. The van der Waals surface area contributed by atoms with Crippen LogP contribution in [-0.4, -0.2) is 23.9 Å². The Bertz CT molecular complexity index is 1910. The number of allylic oxidation sites excluding steroid dienone is 2. The molecule has 5 rings (SSSR count). The maximum Gasteiger partial charge on any atom is 0.162 e. The number of ketones is 1. The third-order valence-electron chi connectivity index (χ3n) is 9.73. The van der Waals surface area contributed by atoms with Crippen molar-refractivity contribution >= 4 is 61.3 Å². The minimum atomic E-state index is -1.35. The van der Waals surface area contributed by atoms with Gasteiger partial charge in [0.05, 0.1) is 13.8 Å². The van der Waals surface area contributed by atoms with Gasteiger partial charge in [-0.3, -0.25) is 9.78 Å². The Morgan fingerprint density at radius 1 is 0.875 bits per heavy atom. The molecule has 1 N–H and O–H groups in total. The van der Waals surface area contributed by atoms with Crippen LogP contribution in [0.15, 0.2) is 60.5 Å². The molecule has 0 fully saturated rings. The number of carbonyl (C=O) groups is 1. The Labute approximate surface area is 307 Å². The van der Waals surface area contributed by atoms with Gasteiger partial charge in [-0.1, -0.05) is 107 Å². The summed E-state index contributed by atoms with van der Waals surface area (Å²) in [7, 11) is -1.35. The Balaban J connectivity index is 0.000000334. The molecule has 3 aromatic carbocycles. The van der Waals surface area contributed by atoms with E-state index in [0.29, 0.717) is 5.92 Å². The van der Waals surface area contributed by atoms with Gasteiger partial charge in [-0.05, 0) is 68.4 Å². The number of pyridine rings is 1. The summed E-state index contributed by atoms with van der Waals surface area (Å²) in [6.07, 6.45) is 6.87. The maximum absolute atomic E-state index is 11.7. The summed E-state index contributed by atoms with van der Waals surface area (Å²) >= 11 is 1.88. The van der Waals surface area contributed by atoms with Crippen molar-refractivity contribution in [2.75, 3.05) is 0 Å². The number of fused-ring (bicyclic) bond motifs is 4. The molecule has 0 aliphatic carbocycles. The van der Waals surface area contributed by atoms with Crippen molar-refractivity contribution in [3.63, 3.8) is 0 Å². The second-order valence-corrected chi connectivity index (χ2v) is 20.5. The Hall–Kier alpha value is -2.63. The molecule has 0 unspecified atom stereocenters. The van der Waals surface area contributed by atoms with Gasteiger partial charge in [0, 0.05) is 59.3 Å². The Morgan fingerprint density at radius 3 is 2.08 bits per heavy atom. The molecule has 0 bridgehead atoms. The monoisotopic (exact) mass is 857 g/mol. The standard InChI is InChI=1S/C29H30NSSi.C13H24O2.Ir/c1-17(2)25-15-21(14-20-12-18(3)19(4)13-26(20)25)28-29-24(10-11-30-28)23-9-8-22(32(5,6)7)16-27(23)31-29;1-5-10(6-2)12(14)9-13(15)11(7-3)8-4;/h8-13,15-17H,1-7H3;9-11,14H,5-8H2,1-4H3;/q-1;;/b;12-9-;. The first kappa shape index (κ1) is 39.8. The number of rotatable bonds is 10. The number of nitrogens with zero attached hydrogens (tertiary/aromatic N) is 1. The van der Waals surface area contributed by atoms with E-state index >= 15 is 0 Å². The van der Waals surface area contributed by atoms with E-state index in [1.54, 1.807) is 0 Å². The molecular formula is C42H54IrNO2SSi-. The number of benzene rings is 3. The molecule has 0 aliphatic rings. The van der Waals surface area contributed by atoms with E-state index < -0.39 is 8.07 Å². The van der Waals surface area contributed by atoms with Crippen molar-refractivity contribution in [1.29, 1.82) is 0 Å². The van der Waals surface area contributed by atoms with Crippen LogP contribution in [-0.2, 0) is 24.9 Å². The van der Waals surface area contributed by atoms with E-state index in [1.165, 1.54) is 58.9 Å². The van der Waals surface area contributed by atoms with Crippen molar-refractivity contribution in [2.24, 2.45) is 11.8 Å². The molecule has 259 valence electrons. The number of hydrogen-bond acceptors (Lipinski definition) is 4. The van der Waals surface area contributed by atoms with Crippen LogP contribution in [0.1, 0.15) is 89.8 Å². The van der Waals surface area contributed by atoms with Gasteiger partial charge in [0.1, 0.15) is 0 Å². The quantitative estimate of drug-likeness (QED) is 0.0659. The number of aromatic nitrogens is 1. The SMILES string of the molecule is CCC(CC)C(=O)/C=C(\O)C(CC)CC.Cc1cc2[c-]c(-c3nccc4c3sc3cc([Si](C)(C)C)ccc34)cc(C(C)C)c2cc1C.[Ir]. The minimum Gasteiger partial charge on any atom is -0.512 e. The first-order chi connectivity index (χ1) is 22.2. The number of carbonyl (C=O) groups excluding carboxylic acids is 1. The molecule has 0 saturated carbocycles. The summed E-state index contributed by atoms with van der Waals surface area (Å²) < 4.78 is 2.63. The van der Waals surface area contributed by atoms with E-state index in [-0.39, 0.29) is 43.5 Å². The van der Waals surface area contributed by atoms with Gasteiger partial charge in [0.2, 0.25) is 0 Å². The molecule has 2 heterocycles. The van der Waals surface area contributed by atoms with Crippen LogP contribution in [0.4, 0.5) is 0 Å². The third-order valence-corrected chi connectivity index (χ3v) is 12.9. The zero-order valence-corrected chi connectivity index (χ0v) is 35.0. The van der Waals surface area contributed by atoms with Crippen LogP contribution in [0.3, 0.4) is 0 Å². The predicted molar refractivity (Wildman–Crippen MR) is 209 cm³/mol. The van der Waals surface area contributed by atoms with Crippen molar-refractivity contribution in [2.45, 2.75) is 107 Å². The van der Waals surface area contributed by atoms with Gasteiger partial charge < -0.3 is 5.11 Å². The zero-order chi connectivity index (χ0) is 34.6. The summed E-state index contributed by atoms with van der Waals surface area (Å²) in [6.45, 7) is 24.2. The fourth-order valence-corrected chi connectivity index (χ4v) is 8.83. The van der Waals surface area contributed by atoms with Gasteiger partial charge in [0.15, 0.2) is 5.78 Å². The van der Waals surface area contributed by atoms with Gasteiger partial charge in [-0.25, -0.2) is 0 Å². The summed E-state index contributed by atoms with van der Waals surface area (Å²) in [5, 5.41) is 16.4. The van der Waals surface area contributed by atoms with Crippen LogP contribution >= 0.6 is 11.3 Å². The smallest absolute Gasteiger partial charge is 0.162 e. The number of aliphatic hydroxyl groups excluding tert-OH is 1. The normalized spacial score (nSPS) is 12.2. The first-order valence-electron chi connectivity index (χ1n) is 17.5. The van der Waals surface area contributed by atoms with Crippen molar-refractivity contribution in [1.82, 2.24) is 4.98 Å². The Kier molecular flexibility index (Phi) is 14.0. The molecular weight excluding hydrogens is 803 g/mol. The molecule has 0 atom stereocenters. The van der Waals surface area contributed by atoms with Gasteiger partial charge in [-0.15, -0.1) is 40.5 Å². The molecule has 1 radical (unpaired) electrons. The number of aryl methyl sites for hydroxylation is 2. The molecule has 5 aromatic rings. The Morgan fingerprint density at radius 2 is 1.50 bits per heavy atom. The molecule has 3 nitrogen and oxygen atoms in total. The van der Waals surface area contributed by atoms with Crippen LogP contribution in [0.5, 0.6) is 0 Å². The zero-order valence-electron chi connectivity index (χ0n) is 30.8. The molecule has 0 amide bonds. The summed E-state index contributed by atoms with van der Waals surface area (Å²) in [4.78, 5) is 16.6. The van der Waals surface area contributed by atoms with E-state index in [0.717, 1.165) is 36.9 Å². The molecule has 6 heteroatoms.